The highest BCUT2D eigenvalue weighted by Crippen LogP contribution is 2.52. The molecule has 2 heterocycles. The van der Waals surface area contributed by atoms with Gasteiger partial charge in [0.1, 0.15) is 11.5 Å². The molecule has 0 bridgehead atoms. The number of benzene rings is 2. The number of nitrogens with zero attached hydrogens (tertiary/aromatic N) is 2. The fourth-order valence-electron chi connectivity index (χ4n) is 4.90. The number of fused-ring (bicyclic) bond motifs is 4. The number of hydrazone groups is 1. The number of rotatable bonds is 2. The van der Waals surface area contributed by atoms with Crippen LogP contribution in [-0.2, 0) is 0 Å². The molecule has 1 spiro atoms. The minimum absolute atomic E-state index is 0.258. The summed E-state index contributed by atoms with van der Waals surface area (Å²) in [5.74, 6) is 2.69. The highest BCUT2D eigenvalue weighted by atomic mass is 16.5. The highest BCUT2D eigenvalue weighted by molar-refractivity contribution is 6.02. The van der Waals surface area contributed by atoms with Crippen LogP contribution in [0.15, 0.2) is 47.6 Å². The van der Waals surface area contributed by atoms with Gasteiger partial charge in [-0.05, 0) is 61.6 Å². The van der Waals surface area contributed by atoms with Crippen LogP contribution in [0.4, 0.5) is 0 Å². The fourth-order valence-corrected chi connectivity index (χ4v) is 4.90. The molecule has 0 saturated heterocycles. The smallest absolute Gasteiger partial charge is 0.198 e. The van der Waals surface area contributed by atoms with Gasteiger partial charge in [0.2, 0.25) is 0 Å². The van der Waals surface area contributed by atoms with Gasteiger partial charge in [-0.3, -0.25) is 0 Å². The summed E-state index contributed by atoms with van der Waals surface area (Å²) in [6, 6.07) is 15.1. The van der Waals surface area contributed by atoms with Crippen LogP contribution >= 0.6 is 0 Å². The molecular formula is C24H28N2O2. The largest absolute Gasteiger partial charge is 0.497 e. The van der Waals surface area contributed by atoms with E-state index in [2.05, 4.69) is 49.2 Å². The summed E-state index contributed by atoms with van der Waals surface area (Å²) in [5, 5.41) is 7.46. The van der Waals surface area contributed by atoms with Crippen molar-refractivity contribution in [3.8, 4) is 11.5 Å². The molecule has 2 aliphatic heterocycles. The Morgan fingerprint density at radius 3 is 2.57 bits per heavy atom. The molecule has 0 radical (unpaired) electrons. The minimum Gasteiger partial charge on any atom is -0.497 e. The molecule has 1 aliphatic carbocycles. The lowest BCUT2D eigenvalue weighted by Gasteiger charge is -2.50. The van der Waals surface area contributed by atoms with Gasteiger partial charge in [0.25, 0.3) is 0 Å². The van der Waals surface area contributed by atoms with E-state index in [1.807, 2.05) is 12.1 Å². The first kappa shape index (κ1) is 17.6. The lowest BCUT2D eigenvalue weighted by Crippen LogP contribution is -2.55. The molecule has 146 valence electrons. The Bertz CT molecular complexity index is 911. The second-order valence-corrected chi connectivity index (χ2v) is 8.61. The molecule has 0 N–H and O–H groups in total. The second-order valence-electron chi connectivity index (χ2n) is 8.61. The van der Waals surface area contributed by atoms with Gasteiger partial charge in [-0.25, -0.2) is 5.01 Å². The van der Waals surface area contributed by atoms with Crippen LogP contribution in [-0.4, -0.2) is 23.6 Å². The first-order valence-electron chi connectivity index (χ1n) is 10.4. The molecule has 3 aliphatic rings. The van der Waals surface area contributed by atoms with Crippen molar-refractivity contribution in [2.75, 3.05) is 7.11 Å². The summed E-state index contributed by atoms with van der Waals surface area (Å²) in [5.41, 5.74) is 4.56. The fraction of sp³-hybridized carbons (Fsp3) is 0.458. The zero-order valence-corrected chi connectivity index (χ0v) is 16.9. The van der Waals surface area contributed by atoms with Crippen LogP contribution in [0, 0.1) is 12.8 Å². The Morgan fingerprint density at radius 1 is 1.11 bits per heavy atom. The summed E-state index contributed by atoms with van der Waals surface area (Å²) in [4.78, 5) is 0. The Hall–Kier alpha value is -2.49. The van der Waals surface area contributed by atoms with Gasteiger partial charge in [-0.2, -0.15) is 5.10 Å². The van der Waals surface area contributed by atoms with Gasteiger partial charge >= 0.3 is 0 Å². The first-order valence-corrected chi connectivity index (χ1v) is 10.4. The molecule has 2 aromatic carbocycles. The van der Waals surface area contributed by atoms with Gasteiger partial charge in [-0.1, -0.05) is 24.6 Å². The van der Waals surface area contributed by atoms with Gasteiger partial charge in [0, 0.05) is 24.8 Å². The van der Waals surface area contributed by atoms with E-state index >= 15 is 0 Å². The normalized spacial score (nSPS) is 28.4. The molecule has 0 unspecified atom stereocenters. The van der Waals surface area contributed by atoms with E-state index in [0.717, 1.165) is 42.4 Å². The molecule has 1 atom stereocenters. The van der Waals surface area contributed by atoms with Crippen molar-refractivity contribution < 1.29 is 9.47 Å². The quantitative estimate of drug-likeness (QED) is 0.698. The molecule has 2 aromatic rings. The Balaban J connectivity index is 1.56. The predicted molar refractivity (Wildman–Crippen MR) is 111 cm³/mol. The van der Waals surface area contributed by atoms with Crippen LogP contribution in [0.3, 0.4) is 0 Å². The summed E-state index contributed by atoms with van der Waals surface area (Å²) in [6.07, 6.45) is 5.38. The monoisotopic (exact) mass is 376 g/mol. The van der Waals surface area contributed by atoms with E-state index in [9.17, 15) is 0 Å². The Labute approximate surface area is 167 Å². The lowest BCUT2D eigenvalue weighted by atomic mass is 9.82. The van der Waals surface area contributed by atoms with E-state index in [4.69, 9.17) is 14.6 Å². The van der Waals surface area contributed by atoms with Crippen molar-refractivity contribution in [1.82, 2.24) is 5.01 Å². The molecule has 1 saturated carbocycles. The molecule has 5 rings (SSSR count). The zero-order valence-electron chi connectivity index (χ0n) is 16.9. The van der Waals surface area contributed by atoms with Crippen molar-refractivity contribution in [3.05, 3.63) is 59.2 Å². The maximum Gasteiger partial charge on any atom is 0.198 e. The van der Waals surface area contributed by atoms with Crippen LogP contribution in [0.1, 0.15) is 61.8 Å². The van der Waals surface area contributed by atoms with Gasteiger partial charge in [-0.15, -0.1) is 0 Å². The molecule has 28 heavy (non-hydrogen) atoms. The number of ether oxygens (including phenoxy) is 2. The Kier molecular flexibility index (Phi) is 4.11. The molecular weight excluding hydrogens is 348 g/mol. The standard InChI is InChI=1S/C24H28N2O2/c1-16-10-12-24(13-11-16)26-22(20-14-17(2)4-9-23(20)28-24)15-21(25-26)18-5-7-19(27-3)8-6-18/h4-9,14,16,22H,10-13,15H2,1-3H3/t16?,22-,24?/m1/s1. The van der Waals surface area contributed by atoms with Crippen molar-refractivity contribution in [1.29, 1.82) is 0 Å². The summed E-state index contributed by atoms with van der Waals surface area (Å²) < 4.78 is 12.0. The van der Waals surface area contributed by atoms with Crippen LogP contribution in [0.25, 0.3) is 0 Å². The van der Waals surface area contributed by atoms with Crippen molar-refractivity contribution in [3.63, 3.8) is 0 Å². The predicted octanol–water partition coefficient (Wildman–Crippen LogP) is 5.45. The maximum absolute atomic E-state index is 6.70. The topological polar surface area (TPSA) is 34.1 Å². The van der Waals surface area contributed by atoms with E-state index < -0.39 is 0 Å². The third-order valence-electron chi connectivity index (χ3n) is 6.63. The van der Waals surface area contributed by atoms with Crippen molar-refractivity contribution in [2.45, 2.75) is 57.7 Å². The molecule has 0 aromatic heterocycles. The van der Waals surface area contributed by atoms with Crippen LogP contribution in [0.2, 0.25) is 0 Å². The summed E-state index contributed by atoms with van der Waals surface area (Å²) in [6.45, 7) is 4.50. The Morgan fingerprint density at radius 2 is 1.86 bits per heavy atom. The van der Waals surface area contributed by atoms with Gasteiger partial charge < -0.3 is 9.47 Å². The number of methoxy groups -OCH3 is 1. The zero-order chi connectivity index (χ0) is 19.3. The van der Waals surface area contributed by atoms with Crippen molar-refractivity contribution in [2.24, 2.45) is 11.0 Å². The van der Waals surface area contributed by atoms with Crippen molar-refractivity contribution >= 4 is 5.71 Å². The van der Waals surface area contributed by atoms with Gasteiger partial charge in [0.15, 0.2) is 5.72 Å². The summed E-state index contributed by atoms with van der Waals surface area (Å²) >= 11 is 0. The van der Waals surface area contributed by atoms with Crippen LogP contribution < -0.4 is 9.47 Å². The van der Waals surface area contributed by atoms with E-state index in [0.29, 0.717) is 0 Å². The molecule has 1 fully saturated rings. The SMILES string of the molecule is COc1ccc(C2=NN3[C@H](C2)c2cc(C)ccc2OC32CCC(C)CC2)cc1. The molecule has 0 amide bonds. The molecule has 4 nitrogen and oxygen atoms in total. The van der Waals surface area contributed by atoms with E-state index in [1.165, 1.54) is 29.5 Å². The van der Waals surface area contributed by atoms with Crippen LogP contribution in [0.5, 0.6) is 11.5 Å². The molecule has 4 heteroatoms. The number of hydrogen-bond acceptors (Lipinski definition) is 4. The second kappa shape index (κ2) is 6.54. The third kappa shape index (κ3) is 2.78. The average molecular weight is 377 g/mol. The highest BCUT2D eigenvalue weighted by Gasteiger charge is 2.51. The summed E-state index contributed by atoms with van der Waals surface area (Å²) in [7, 11) is 1.70. The number of hydrogen-bond donors (Lipinski definition) is 0. The first-order chi connectivity index (χ1) is 13.6. The van der Waals surface area contributed by atoms with E-state index in [-0.39, 0.29) is 11.8 Å². The van der Waals surface area contributed by atoms with E-state index in [1.54, 1.807) is 7.11 Å². The number of aryl methyl sites for hydroxylation is 1. The lowest BCUT2D eigenvalue weighted by molar-refractivity contribution is -0.145. The minimum atomic E-state index is -0.298. The maximum atomic E-state index is 6.70. The third-order valence-corrected chi connectivity index (χ3v) is 6.63. The van der Waals surface area contributed by atoms with Gasteiger partial charge in [0.05, 0.1) is 18.9 Å². The average Bonchev–Trinajstić information content (AvgIpc) is 3.18.